The van der Waals surface area contributed by atoms with Crippen LogP contribution in [0, 0.1) is 6.92 Å². The topological polar surface area (TPSA) is 18.5 Å². The predicted octanol–water partition coefficient (Wildman–Crippen LogP) is 3.50. The highest BCUT2D eigenvalue weighted by molar-refractivity contribution is 9.11. The van der Waals surface area contributed by atoms with Crippen molar-refractivity contribution in [1.82, 2.24) is 0 Å². The molecule has 0 radical (unpaired) electrons. The van der Waals surface area contributed by atoms with Gasteiger partial charge in [-0.25, -0.2) is 0 Å². The molecular weight excluding hydrogens is 300 g/mol. The van der Waals surface area contributed by atoms with Crippen molar-refractivity contribution in [3.05, 3.63) is 26.6 Å². The Morgan fingerprint density at radius 3 is 2.54 bits per heavy atom. The van der Waals surface area contributed by atoms with Crippen LogP contribution in [0.3, 0.4) is 0 Å². The summed E-state index contributed by atoms with van der Waals surface area (Å²) in [5.41, 5.74) is 1.13. The molecule has 0 aliphatic heterocycles. The predicted molar refractivity (Wildman–Crippen MR) is 59.1 cm³/mol. The Hall–Kier alpha value is -0.0600. The summed E-state index contributed by atoms with van der Waals surface area (Å²) in [6.45, 7) is 2.27. The van der Waals surface area contributed by atoms with E-state index >= 15 is 0 Å². The normalized spacial score (nSPS) is 10.2. The van der Waals surface area contributed by atoms with Crippen molar-refractivity contribution in [1.29, 1.82) is 0 Å². The van der Waals surface area contributed by atoms with Gasteiger partial charge in [-0.15, -0.1) is 0 Å². The van der Waals surface area contributed by atoms with Crippen molar-refractivity contribution in [3.63, 3.8) is 0 Å². The fourth-order valence-corrected chi connectivity index (χ4v) is 1.97. The maximum Gasteiger partial charge on any atom is 0.188 e. The molecule has 0 saturated carbocycles. The molecule has 0 spiro atoms. The fourth-order valence-electron chi connectivity index (χ4n) is 0.864. The van der Waals surface area contributed by atoms with Crippen molar-refractivity contribution in [2.24, 2.45) is 0 Å². The Labute approximate surface area is 94.5 Å². The summed E-state index contributed by atoms with van der Waals surface area (Å²) in [6.07, 6.45) is 0. The molecular formula is C9H10Br2O2. The molecule has 2 nitrogen and oxygen atoms in total. The molecule has 4 heteroatoms. The second-order valence-corrected chi connectivity index (χ2v) is 4.29. The van der Waals surface area contributed by atoms with Gasteiger partial charge < -0.3 is 9.47 Å². The third kappa shape index (κ3) is 2.97. The van der Waals surface area contributed by atoms with Crippen molar-refractivity contribution in [2.75, 3.05) is 13.9 Å². The Balaban J connectivity index is 2.88. The van der Waals surface area contributed by atoms with Gasteiger partial charge in [0.15, 0.2) is 6.79 Å². The monoisotopic (exact) mass is 308 g/mol. The number of hydrogen-bond donors (Lipinski definition) is 0. The molecule has 13 heavy (non-hydrogen) atoms. The molecule has 0 bridgehead atoms. The van der Waals surface area contributed by atoms with Crippen LogP contribution >= 0.6 is 31.9 Å². The Morgan fingerprint density at radius 2 is 1.92 bits per heavy atom. The number of hydrogen-bond acceptors (Lipinski definition) is 2. The van der Waals surface area contributed by atoms with Gasteiger partial charge in [0.25, 0.3) is 0 Å². The lowest BCUT2D eigenvalue weighted by Gasteiger charge is -2.08. The lowest BCUT2D eigenvalue weighted by Crippen LogP contribution is -1.99. The average molecular weight is 310 g/mol. The Bertz CT molecular complexity index is 300. The molecule has 1 rings (SSSR count). The largest absolute Gasteiger partial charge is 0.466 e. The van der Waals surface area contributed by atoms with Crippen LogP contribution in [0.2, 0.25) is 0 Å². The van der Waals surface area contributed by atoms with E-state index in [2.05, 4.69) is 31.9 Å². The van der Waals surface area contributed by atoms with Crippen LogP contribution in [0.25, 0.3) is 0 Å². The fraction of sp³-hybridized carbons (Fsp3) is 0.333. The lowest BCUT2D eigenvalue weighted by molar-refractivity contribution is 0.0505. The van der Waals surface area contributed by atoms with Crippen LogP contribution in [0.1, 0.15) is 5.56 Å². The SMILES string of the molecule is COCOc1cc(C)c(Br)cc1Br. The quantitative estimate of drug-likeness (QED) is 0.796. The first-order valence-electron chi connectivity index (χ1n) is 3.72. The maximum atomic E-state index is 5.33. The Kier molecular flexibility index (Phi) is 4.22. The van der Waals surface area contributed by atoms with Gasteiger partial charge in [0.2, 0.25) is 0 Å². The molecule has 0 atom stereocenters. The number of rotatable bonds is 3. The highest BCUT2D eigenvalue weighted by Crippen LogP contribution is 2.31. The maximum absolute atomic E-state index is 5.33. The molecule has 0 unspecified atom stereocenters. The van der Waals surface area contributed by atoms with Crippen LogP contribution in [0.15, 0.2) is 21.1 Å². The van der Waals surface area contributed by atoms with E-state index in [4.69, 9.17) is 9.47 Å². The van der Waals surface area contributed by atoms with Crippen LogP contribution in [-0.2, 0) is 4.74 Å². The van der Waals surface area contributed by atoms with Gasteiger partial charge in [-0.1, -0.05) is 15.9 Å². The third-order valence-corrected chi connectivity index (χ3v) is 3.02. The Morgan fingerprint density at radius 1 is 1.23 bits per heavy atom. The first kappa shape index (κ1) is 11.0. The van der Waals surface area contributed by atoms with Gasteiger partial charge in [0.1, 0.15) is 5.75 Å². The lowest BCUT2D eigenvalue weighted by atomic mass is 10.2. The standard InChI is InChI=1S/C9H10Br2O2/c1-6-3-9(13-5-12-2)8(11)4-7(6)10/h3-4H,5H2,1-2H3. The minimum Gasteiger partial charge on any atom is -0.466 e. The van der Waals surface area contributed by atoms with Crippen molar-refractivity contribution < 1.29 is 9.47 Å². The third-order valence-electron chi connectivity index (χ3n) is 1.55. The number of methoxy groups -OCH3 is 1. The molecule has 0 fully saturated rings. The van der Waals surface area contributed by atoms with E-state index in [1.165, 1.54) is 0 Å². The smallest absolute Gasteiger partial charge is 0.188 e. The summed E-state index contributed by atoms with van der Waals surface area (Å²) in [6, 6.07) is 3.91. The summed E-state index contributed by atoms with van der Waals surface area (Å²) in [7, 11) is 1.60. The van der Waals surface area contributed by atoms with E-state index in [1.54, 1.807) is 7.11 Å². The minimum atomic E-state index is 0.264. The highest BCUT2D eigenvalue weighted by atomic mass is 79.9. The first-order chi connectivity index (χ1) is 6.15. The highest BCUT2D eigenvalue weighted by Gasteiger charge is 2.04. The summed E-state index contributed by atoms with van der Waals surface area (Å²) in [5.74, 6) is 0.794. The van der Waals surface area contributed by atoms with E-state index in [1.807, 2.05) is 19.1 Å². The van der Waals surface area contributed by atoms with E-state index in [0.29, 0.717) is 0 Å². The van der Waals surface area contributed by atoms with E-state index < -0.39 is 0 Å². The average Bonchev–Trinajstić information content (AvgIpc) is 2.09. The van der Waals surface area contributed by atoms with Crippen molar-refractivity contribution in [3.8, 4) is 5.75 Å². The number of ether oxygens (including phenoxy) is 2. The second-order valence-electron chi connectivity index (χ2n) is 2.58. The summed E-state index contributed by atoms with van der Waals surface area (Å²) >= 11 is 6.83. The number of benzene rings is 1. The number of aryl methyl sites for hydroxylation is 1. The van der Waals surface area contributed by atoms with E-state index in [-0.39, 0.29) is 6.79 Å². The molecule has 1 aromatic rings. The molecule has 0 N–H and O–H groups in total. The van der Waals surface area contributed by atoms with Crippen molar-refractivity contribution >= 4 is 31.9 Å². The first-order valence-corrected chi connectivity index (χ1v) is 5.31. The van der Waals surface area contributed by atoms with Gasteiger partial charge in [0, 0.05) is 11.6 Å². The molecule has 0 aromatic heterocycles. The van der Waals surface area contributed by atoms with E-state index in [9.17, 15) is 0 Å². The molecule has 1 aromatic carbocycles. The molecule has 72 valence electrons. The zero-order valence-electron chi connectivity index (χ0n) is 7.43. The van der Waals surface area contributed by atoms with Crippen LogP contribution in [0.4, 0.5) is 0 Å². The van der Waals surface area contributed by atoms with Crippen LogP contribution in [-0.4, -0.2) is 13.9 Å². The molecule has 0 saturated heterocycles. The second kappa shape index (κ2) is 4.98. The van der Waals surface area contributed by atoms with Crippen LogP contribution in [0.5, 0.6) is 5.75 Å². The van der Waals surface area contributed by atoms with Crippen molar-refractivity contribution in [2.45, 2.75) is 6.92 Å². The minimum absolute atomic E-state index is 0.264. The zero-order valence-corrected chi connectivity index (χ0v) is 10.6. The summed E-state index contributed by atoms with van der Waals surface area (Å²) < 4.78 is 12.1. The number of halogens is 2. The van der Waals surface area contributed by atoms with Gasteiger partial charge >= 0.3 is 0 Å². The summed E-state index contributed by atoms with van der Waals surface area (Å²) in [5, 5.41) is 0. The van der Waals surface area contributed by atoms with Gasteiger partial charge in [0.05, 0.1) is 4.47 Å². The molecule has 0 amide bonds. The zero-order chi connectivity index (χ0) is 9.84. The van der Waals surface area contributed by atoms with Gasteiger partial charge in [-0.2, -0.15) is 0 Å². The van der Waals surface area contributed by atoms with E-state index in [0.717, 1.165) is 20.3 Å². The van der Waals surface area contributed by atoms with Crippen LogP contribution < -0.4 is 4.74 Å². The molecule has 0 heterocycles. The molecule has 0 aliphatic carbocycles. The van der Waals surface area contributed by atoms with Gasteiger partial charge in [-0.05, 0) is 40.5 Å². The molecule has 0 aliphatic rings. The summed E-state index contributed by atoms with van der Waals surface area (Å²) in [4.78, 5) is 0. The van der Waals surface area contributed by atoms with Gasteiger partial charge in [-0.3, -0.25) is 0 Å².